The van der Waals surface area contributed by atoms with Crippen molar-refractivity contribution in [3.05, 3.63) is 0 Å². The molecule has 2 heteroatoms. The average molecular weight is 185 g/mol. The average Bonchev–Trinajstić information content (AvgIpc) is 2.01. The molecule has 0 saturated carbocycles. The Kier molecular flexibility index (Phi) is 4.62. The number of hydrogen-bond acceptors (Lipinski definition) is 2. The van der Waals surface area contributed by atoms with Crippen LogP contribution in [-0.2, 0) is 4.79 Å². The van der Waals surface area contributed by atoms with Crippen LogP contribution in [0.5, 0.6) is 0 Å². The maximum atomic E-state index is 11.9. The lowest BCUT2D eigenvalue weighted by molar-refractivity contribution is -0.129. The van der Waals surface area contributed by atoms with Crippen molar-refractivity contribution >= 4 is 5.78 Å². The maximum absolute atomic E-state index is 11.9. The van der Waals surface area contributed by atoms with E-state index < -0.39 is 0 Å². The zero-order chi connectivity index (χ0) is 10.6. The third-order valence-corrected chi connectivity index (χ3v) is 2.56. The van der Waals surface area contributed by atoms with Crippen molar-refractivity contribution in [1.82, 2.24) is 0 Å². The van der Waals surface area contributed by atoms with Crippen molar-refractivity contribution in [2.45, 2.75) is 53.5 Å². The van der Waals surface area contributed by atoms with Crippen LogP contribution < -0.4 is 5.73 Å². The fourth-order valence-electron chi connectivity index (χ4n) is 1.50. The summed E-state index contributed by atoms with van der Waals surface area (Å²) in [7, 11) is 0. The van der Waals surface area contributed by atoms with E-state index in [2.05, 4.69) is 6.92 Å². The molecule has 2 N–H and O–H groups in total. The molecular formula is C11H23NO. The second-order valence-electron chi connectivity index (χ2n) is 4.77. The lowest BCUT2D eigenvalue weighted by Gasteiger charge is -2.27. The normalized spacial score (nSPS) is 14.7. The third kappa shape index (κ3) is 3.47. The highest BCUT2D eigenvalue weighted by molar-refractivity contribution is 5.89. The largest absolute Gasteiger partial charge is 0.321 e. The molecule has 13 heavy (non-hydrogen) atoms. The van der Waals surface area contributed by atoms with E-state index in [4.69, 9.17) is 5.73 Å². The van der Waals surface area contributed by atoms with Crippen LogP contribution in [-0.4, -0.2) is 11.8 Å². The van der Waals surface area contributed by atoms with Crippen LogP contribution >= 0.6 is 0 Å². The summed E-state index contributed by atoms with van der Waals surface area (Å²) in [5.74, 6) is 0.438. The molecule has 78 valence electrons. The Hall–Kier alpha value is -0.370. The number of carbonyl (C=O) groups excluding carboxylic acids is 1. The van der Waals surface area contributed by atoms with E-state index in [1.165, 1.54) is 0 Å². The van der Waals surface area contributed by atoms with Crippen LogP contribution in [0.3, 0.4) is 0 Å². The van der Waals surface area contributed by atoms with Crippen LogP contribution in [0.2, 0.25) is 0 Å². The molecule has 0 heterocycles. The Bertz CT molecular complexity index is 173. The molecule has 0 aliphatic carbocycles. The molecule has 0 aromatic rings. The van der Waals surface area contributed by atoms with Crippen LogP contribution in [0.15, 0.2) is 0 Å². The summed E-state index contributed by atoms with van der Waals surface area (Å²) in [6.45, 7) is 10.0. The van der Waals surface area contributed by atoms with Crippen molar-refractivity contribution in [2.75, 3.05) is 0 Å². The van der Waals surface area contributed by atoms with E-state index in [0.717, 1.165) is 12.8 Å². The Morgan fingerprint density at radius 2 is 1.85 bits per heavy atom. The number of rotatable bonds is 5. The van der Waals surface area contributed by atoms with E-state index in [1.807, 2.05) is 27.7 Å². The van der Waals surface area contributed by atoms with E-state index in [9.17, 15) is 4.79 Å². The quantitative estimate of drug-likeness (QED) is 0.714. The number of carbonyl (C=O) groups is 1. The number of nitrogens with two attached hydrogens (primary N) is 1. The first-order valence-electron chi connectivity index (χ1n) is 5.12. The molecule has 0 saturated heterocycles. The molecule has 1 atom stereocenters. The molecule has 0 aromatic carbocycles. The van der Waals surface area contributed by atoms with Crippen LogP contribution in [0.4, 0.5) is 0 Å². The van der Waals surface area contributed by atoms with Crippen molar-refractivity contribution in [3.8, 4) is 0 Å². The molecule has 0 fully saturated rings. The van der Waals surface area contributed by atoms with Crippen molar-refractivity contribution in [3.63, 3.8) is 0 Å². The molecule has 1 unspecified atom stereocenters. The van der Waals surface area contributed by atoms with E-state index >= 15 is 0 Å². The van der Waals surface area contributed by atoms with Gasteiger partial charge in [-0.25, -0.2) is 0 Å². The van der Waals surface area contributed by atoms with Crippen LogP contribution in [0, 0.1) is 11.3 Å². The van der Waals surface area contributed by atoms with Crippen molar-refractivity contribution < 1.29 is 4.79 Å². The number of ketones is 1. The van der Waals surface area contributed by atoms with Gasteiger partial charge in [-0.1, -0.05) is 41.0 Å². The molecule has 0 radical (unpaired) electrons. The molecule has 0 amide bonds. The first-order valence-corrected chi connectivity index (χ1v) is 5.12. The van der Waals surface area contributed by atoms with Gasteiger partial charge in [0.15, 0.2) is 5.78 Å². The zero-order valence-electron chi connectivity index (χ0n) is 9.55. The third-order valence-electron chi connectivity index (χ3n) is 2.56. The Morgan fingerprint density at radius 1 is 1.38 bits per heavy atom. The van der Waals surface area contributed by atoms with Gasteiger partial charge < -0.3 is 5.73 Å². The van der Waals surface area contributed by atoms with E-state index in [-0.39, 0.29) is 23.2 Å². The summed E-state index contributed by atoms with van der Waals surface area (Å²) in [5.41, 5.74) is 5.58. The van der Waals surface area contributed by atoms with Gasteiger partial charge in [-0.05, 0) is 12.3 Å². The van der Waals surface area contributed by atoms with Gasteiger partial charge >= 0.3 is 0 Å². The molecule has 0 aromatic heterocycles. The van der Waals surface area contributed by atoms with Gasteiger partial charge in [0, 0.05) is 5.41 Å². The van der Waals surface area contributed by atoms with Crippen LogP contribution in [0.1, 0.15) is 47.5 Å². The fourth-order valence-corrected chi connectivity index (χ4v) is 1.50. The minimum Gasteiger partial charge on any atom is -0.321 e. The summed E-state index contributed by atoms with van der Waals surface area (Å²) in [4.78, 5) is 11.9. The van der Waals surface area contributed by atoms with Crippen molar-refractivity contribution in [1.29, 1.82) is 0 Å². The van der Waals surface area contributed by atoms with E-state index in [0.29, 0.717) is 0 Å². The summed E-state index contributed by atoms with van der Waals surface area (Å²) >= 11 is 0. The maximum Gasteiger partial charge on any atom is 0.155 e. The molecule has 2 nitrogen and oxygen atoms in total. The fraction of sp³-hybridized carbons (Fsp3) is 0.909. The number of Topliss-reactive ketones (excluding diaryl/α,β-unsaturated/α-hetero) is 1. The molecule has 0 aliphatic heterocycles. The first-order chi connectivity index (χ1) is 5.83. The minimum atomic E-state index is -0.304. The standard InChI is InChI=1S/C11H23NO/c1-6-7-11(4,5)10(13)9(12)8(2)3/h8-9H,6-7,12H2,1-5H3. The predicted molar refractivity (Wildman–Crippen MR) is 56.5 cm³/mol. The van der Waals surface area contributed by atoms with Gasteiger partial charge in [0.2, 0.25) is 0 Å². The van der Waals surface area contributed by atoms with Gasteiger partial charge in [0.25, 0.3) is 0 Å². The Labute approximate surface area is 81.9 Å². The highest BCUT2D eigenvalue weighted by atomic mass is 16.1. The highest BCUT2D eigenvalue weighted by Gasteiger charge is 2.31. The molecule has 0 aliphatic rings. The van der Waals surface area contributed by atoms with Gasteiger partial charge in [0.05, 0.1) is 6.04 Å². The smallest absolute Gasteiger partial charge is 0.155 e. The molecule has 0 rings (SSSR count). The zero-order valence-corrected chi connectivity index (χ0v) is 9.55. The minimum absolute atomic E-state index is 0.198. The monoisotopic (exact) mass is 185 g/mol. The highest BCUT2D eigenvalue weighted by Crippen LogP contribution is 2.26. The summed E-state index contributed by atoms with van der Waals surface area (Å²) in [5, 5.41) is 0. The molecule has 0 spiro atoms. The van der Waals surface area contributed by atoms with Gasteiger partial charge in [-0.3, -0.25) is 4.79 Å². The topological polar surface area (TPSA) is 43.1 Å². The summed E-state index contributed by atoms with van der Waals surface area (Å²) in [6, 6.07) is -0.304. The predicted octanol–water partition coefficient (Wildman–Crippen LogP) is 2.37. The van der Waals surface area contributed by atoms with Gasteiger partial charge in [-0.15, -0.1) is 0 Å². The molecular weight excluding hydrogens is 162 g/mol. The first kappa shape index (κ1) is 12.6. The Morgan fingerprint density at radius 3 is 2.15 bits per heavy atom. The number of hydrogen-bond donors (Lipinski definition) is 1. The Balaban J connectivity index is 4.39. The van der Waals surface area contributed by atoms with Crippen molar-refractivity contribution in [2.24, 2.45) is 17.1 Å². The lowest BCUT2D eigenvalue weighted by Crippen LogP contribution is -2.43. The van der Waals surface area contributed by atoms with E-state index in [1.54, 1.807) is 0 Å². The van der Waals surface area contributed by atoms with Gasteiger partial charge in [-0.2, -0.15) is 0 Å². The van der Waals surface area contributed by atoms with Gasteiger partial charge in [0.1, 0.15) is 0 Å². The SMILES string of the molecule is CCCC(C)(C)C(=O)C(N)C(C)C. The van der Waals surface area contributed by atoms with Crippen LogP contribution in [0.25, 0.3) is 0 Å². The lowest BCUT2D eigenvalue weighted by atomic mass is 9.78. The second-order valence-corrected chi connectivity index (χ2v) is 4.77. The molecule has 0 bridgehead atoms. The summed E-state index contributed by atoms with van der Waals surface area (Å²) in [6.07, 6.45) is 1.95. The summed E-state index contributed by atoms with van der Waals surface area (Å²) < 4.78 is 0. The second kappa shape index (κ2) is 4.75.